The summed E-state index contributed by atoms with van der Waals surface area (Å²) in [6, 6.07) is 8.05. The second-order valence-corrected chi connectivity index (χ2v) is 7.50. The third-order valence-electron chi connectivity index (χ3n) is 5.20. The van der Waals surface area contributed by atoms with Crippen molar-refractivity contribution in [2.45, 2.75) is 6.42 Å². The van der Waals surface area contributed by atoms with Crippen LogP contribution in [0.2, 0.25) is 5.02 Å². The Morgan fingerprint density at radius 2 is 1.61 bits per heavy atom. The Labute approximate surface area is 170 Å². The molecule has 0 bridgehead atoms. The van der Waals surface area contributed by atoms with Crippen molar-refractivity contribution in [3.63, 3.8) is 0 Å². The third kappa shape index (κ3) is 4.81. The zero-order valence-electron chi connectivity index (χ0n) is 15.9. The van der Waals surface area contributed by atoms with Crippen LogP contribution in [0, 0.1) is 0 Å². The van der Waals surface area contributed by atoms with Crippen molar-refractivity contribution < 1.29 is 4.74 Å². The van der Waals surface area contributed by atoms with E-state index in [4.69, 9.17) is 22.1 Å². The molecule has 4 rings (SSSR count). The highest BCUT2D eigenvalue weighted by Gasteiger charge is 2.19. The lowest BCUT2D eigenvalue weighted by atomic mass is 10.2. The molecule has 8 nitrogen and oxygen atoms in total. The Morgan fingerprint density at radius 3 is 2.32 bits per heavy atom. The van der Waals surface area contributed by atoms with Gasteiger partial charge in [0.15, 0.2) is 0 Å². The molecule has 0 unspecified atom stereocenters. The number of rotatable bonds is 5. The fourth-order valence-electron chi connectivity index (χ4n) is 3.58. The maximum absolute atomic E-state index is 5.98. The molecule has 9 heteroatoms. The molecule has 1 aromatic carbocycles. The Hall–Kier alpha value is -2.16. The summed E-state index contributed by atoms with van der Waals surface area (Å²) >= 11 is 5.98. The molecule has 0 spiro atoms. The van der Waals surface area contributed by atoms with E-state index < -0.39 is 0 Å². The lowest BCUT2D eigenvalue weighted by molar-refractivity contribution is 0.122. The van der Waals surface area contributed by atoms with Gasteiger partial charge in [-0.3, -0.25) is 4.90 Å². The van der Waals surface area contributed by atoms with Gasteiger partial charge in [-0.1, -0.05) is 11.6 Å². The summed E-state index contributed by atoms with van der Waals surface area (Å²) < 4.78 is 5.39. The van der Waals surface area contributed by atoms with Gasteiger partial charge in [0.05, 0.1) is 13.2 Å². The summed E-state index contributed by atoms with van der Waals surface area (Å²) in [5.74, 6) is 1.71. The van der Waals surface area contributed by atoms with Crippen LogP contribution in [0.1, 0.15) is 5.82 Å². The molecule has 0 atom stereocenters. The van der Waals surface area contributed by atoms with Gasteiger partial charge in [0, 0.05) is 62.9 Å². The molecule has 0 aliphatic carbocycles. The summed E-state index contributed by atoms with van der Waals surface area (Å²) in [7, 11) is 0. The smallest absolute Gasteiger partial charge is 0.230 e. The number of nitrogens with two attached hydrogens (primary N) is 1. The van der Waals surface area contributed by atoms with Gasteiger partial charge in [-0.2, -0.15) is 15.0 Å². The third-order valence-corrected chi connectivity index (χ3v) is 5.45. The molecule has 0 saturated carbocycles. The molecule has 2 fully saturated rings. The summed E-state index contributed by atoms with van der Waals surface area (Å²) in [4.78, 5) is 20.2. The maximum Gasteiger partial charge on any atom is 0.230 e. The molecule has 150 valence electrons. The average molecular weight is 404 g/mol. The van der Waals surface area contributed by atoms with Crippen molar-refractivity contribution in [3.8, 4) is 0 Å². The lowest BCUT2D eigenvalue weighted by Gasteiger charge is -2.36. The van der Waals surface area contributed by atoms with E-state index in [-0.39, 0.29) is 0 Å². The van der Waals surface area contributed by atoms with Crippen LogP contribution >= 0.6 is 11.6 Å². The van der Waals surface area contributed by atoms with Gasteiger partial charge < -0.3 is 20.3 Å². The van der Waals surface area contributed by atoms with Crippen molar-refractivity contribution >= 4 is 29.2 Å². The first kappa shape index (κ1) is 19.2. The highest BCUT2D eigenvalue weighted by atomic mass is 35.5. The van der Waals surface area contributed by atoms with Crippen molar-refractivity contribution in [2.75, 3.05) is 74.6 Å². The van der Waals surface area contributed by atoms with Crippen molar-refractivity contribution in [1.29, 1.82) is 0 Å². The fourth-order valence-corrected chi connectivity index (χ4v) is 3.71. The van der Waals surface area contributed by atoms with Gasteiger partial charge in [0.1, 0.15) is 5.82 Å². The van der Waals surface area contributed by atoms with E-state index in [1.807, 2.05) is 12.1 Å². The van der Waals surface area contributed by atoms with E-state index >= 15 is 0 Å². The standard InChI is InChI=1S/C19H26ClN7O/c20-15-1-3-16(4-2-15)26-9-7-25(8-10-26)6-5-17-22-18(21)24-19(23-17)27-11-13-28-14-12-27/h1-4H,5-14H2,(H2,21,22,23,24). The number of aromatic nitrogens is 3. The van der Waals surface area contributed by atoms with E-state index in [0.29, 0.717) is 25.1 Å². The van der Waals surface area contributed by atoms with Crippen LogP contribution in [0.25, 0.3) is 0 Å². The largest absolute Gasteiger partial charge is 0.378 e. The maximum atomic E-state index is 5.98. The SMILES string of the molecule is Nc1nc(CCN2CCN(c3ccc(Cl)cc3)CC2)nc(N2CCOCC2)n1. The first-order valence-electron chi connectivity index (χ1n) is 9.73. The van der Waals surface area contributed by atoms with E-state index in [9.17, 15) is 0 Å². The number of nitrogens with zero attached hydrogens (tertiary/aromatic N) is 6. The van der Waals surface area contributed by atoms with Crippen molar-refractivity contribution in [3.05, 3.63) is 35.1 Å². The zero-order valence-corrected chi connectivity index (χ0v) is 16.7. The van der Waals surface area contributed by atoms with Crippen molar-refractivity contribution in [1.82, 2.24) is 19.9 Å². The molecule has 0 amide bonds. The highest BCUT2D eigenvalue weighted by molar-refractivity contribution is 6.30. The number of hydrogen-bond donors (Lipinski definition) is 1. The Kier molecular flexibility index (Phi) is 6.09. The summed E-state index contributed by atoms with van der Waals surface area (Å²) in [6.07, 6.45) is 0.769. The molecule has 2 aromatic rings. The molecule has 2 saturated heterocycles. The quantitative estimate of drug-likeness (QED) is 0.800. The molecule has 1 aromatic heterocycles. The number of nitrogen functional groups attached to an aromatic ring is 1. The molecule has 2 N–H and O–H groups in total. The summed E-state index contributed by atoms with van der Waals surface area (Å²) in [5, 5.41) is 0.774. The summed E-state index contributed by atoms with van der Waals surface area (Å²) in [5.41, 5.74) is 7.14. The number of anilines is 3. The minimum atomic E-state index is 0.291. The zero-order chi connectivity index (χ0) is 19.3. The second-order valence-electron chi connectivity index (χ2n) is 7.06. The Bertz CT molecular complexity index is 774. The Morgan fingerprint density at radius 1 is 0.893 bits per heavy atom. The van der Waals surface area contributed by atoms with Crippen LogP contribution in [0.15, 0.2) is 24.3 Å². The van der Waals surface area contributed by atoms with E-state index in [1.54, 1.807) is 0 Å². The number of halogens is 1. The normalized spacial score (nSPS) is 18.5. The van der Waals surface area contributed by atoms with E-state index in [2.05, 4.69) is 41.8 Å². The molecule has 2 aliphatic rings. The van der Waals surface area contributed by atoms with E-state index in [1.165, 1.54) is 5.69 Å². The number of morpholine rings is 1. The minimum absolute atomic E-state index is 0.291. The molecular formula is C19H26ClN7O. The number of hydrogen-bond acceptors (Lipinski definition) is 8. The lowest BCUT2D eigenvalue weighted by Crippen LogP contribution is -2.47. The number of piperazine rings is 1. The van der Waals surface area contributed by atoms with Crippen LogP contribution in [-0.2, 0) is 11.2 Å². The van der Waals surface area contributed by atoms with Crippen LogP contribution in [0.4, 0.5) is 17.6 Å². The van der Waals surface area contributed by atoms with Gasteiger partial charge in [0.2, 0.25) is 11.9 Å². The first-order valence-corrected chi connectivity index (χ1v) is 10.1. The van der Waals surface area contributed by atoms with Crippen LogP contribution < -0.4 is 15.5 Å². The van der Waals surface area contributed by atoms with Crippen LogP contribution in [0.3, 0.4) is 0 Å². The number of ether oxygens (including phenoxy) is 1. The van der Waals surface area contributed by atoms with Gasteiger partial charge in [-0.15, -0.1) is 0 Å². The predicted molar refractivity (Wildman–Crippen MR) is 111 cm³/mol. The number of benzene rings is 1. The average Bonchev–Trinajstić information content (AvgIpc) is 2.73. The fraction of sp³-hybridized carbons (Fsp3) is 0.526. The minimum Gasteiger partial charge on any atom is -0.378 e. The molecule has 28 heavy (non-hydrogen) atoms. The van der Waals surface area contributed by atoms with Gasteiger partial charge >= 0.3 is 0 Å². The molecule has 3 heterocycles. The topological polar surface area (TPSA) is 83.6 Å². The van der Waals surface area contributed by atoms with E-state index in [0.717, 1.165) is 63.1 Å². The predicted octanol–water partition coefficient (Wildman–Crippen LogP) is 1.31. The Balaban J connectivity index is 1.30. The molecule has 2 aliphatic heterocycles. The van der Waals surface area contributed by atoms with Gasteiger partial charge in [-0.05, 0) is 24.3 Å². The molecule has 0 radical (unpaired) electrons. The van der Waals surface area contributed by atoms with Crippen molar-refractivity contribution in [2.24, 2.45) is 0 Å². The monoisotopic (exact) mass is 403 g/mol. The second kappa shape index (κ2) is 8.89. The summed E-state index contributed by atoms with van der Waals surface area (Å²) in [6.45, 7) is 7.90. The van der Waals surface area contributed by atoms with Crippen LogP contribution in [0.5, 0.6) is 0 Å². The van der Waals surface area contributed by atoms with Gasteiger partial charge in [-0.25, -0.2) is 0 Å². The van der Waals surface area contributed by atoms with Gasteiger partial charge in [0.25, 0.3) is 0 Å². The molecular weight excluding hydrogens is 378 g/mol. The first-order chi connectivity index (χ1) is 13.7. The van der Waals surface area contributed by atoms with Crippen LogP contribution in [-0.4, -0.2) is 78.9 Å². The highest BCUT2D eigenvalue weighted by Crippen LogP contribution is 2.19.